The van der Waals surface area contributed by atoms with Gasteiger partial charge in [0.15, 0.2) is 4.96 Å². The lowest BCUT2D eigenvalue weighted by Crippen LogP contribution is -2.29. The van der Waals surface area contributed by atoms with Crippen LogP contribution in [0.5, 0.6) is 0 Å². The van der Waals surface area contributed by atoms with Crippen LogP contribution in [0.4, 0.5) is 0 Å². The van der Waals surface area contributed by atoms with Gasteiger partial charge in [0.2, 0.25) is 0 Å². The van der Waals surface area contributed by atoms with Crippen LogP contribution >= 0.6 is 11.3 Å². The second-order valence-electron chi connectivity index (χ2n) is 5.67. The monoisotopic (exact) mass is 297 g/mol. The summed E-state index contributed by atoms with van der Waals surface area (Å²) in [5.41, 5.74) is 3.70. The standard InChI is InChI=1S/C17H19N3S/c1-3-7-14(8-4-1)16-15(13-19-9-5-2-6-10-19)20-11-12-21-17(20)18-16/h1,3-4,7-8,11-12H,2,5-6,9-10,13H2. The van der Waals surface area contributed by atoms with Gasteiger partial charge in [-0.05, 0) is 25.9 Å². The van der Waals surface area contributed by atoms with Crippen LogP contribution in [-0.4, -0.2) is 27.4 Å². The van der Waals surface area contributed by atoms with Gasteiger partial charge in [0, 0.05) is 23.7 Å². The van der Waals surface area contributed by atoms with Crippen LogP contribution in [0.3, 0.4) is 0 Å². The Hall–Kier alpha value is -1.65. The Kier molecular flexibility index (Phi) is 3.49. The molecular formula is C17H19N3S. The zero-order chi connectivity index (χ0) is 14.1. The van der Waals surface area contributed by atoms with Gasteiger partial charge < -0.3 is 0 Å². The van der Waals surface area contributed by atoms with E-state index in [1.807, 2.05) is 0 Å². The minimum absolute atomic E-state index is 1.00. The molecule has 2 aromatic heterocycles. The maximum absolute atomic E-state index is 4.86. The van der Waals surface area contributed by atoms with Crippen molar-refractivity contribution in [1.29, 1.82) is 0 Å². The zero-order valence-electron chi connectivity index (χ0n) is 12.0. The third-order valence-electron chi connectivity index (χ3n) is 4.23. The molecule has 1 aliphatic heterocycles. The Bertz CT molecular complexity index is 723. The van der Waals surface area contributed by atoms with Crippen LogP contribution in [0, 0.1) is 0 Å². The molecule has 0 aliphatic carbocycles. The predicted molar refractivity (Wildman–Crippen MR) is 87.6 cm³/mol. The van der Waals surface area contributed by atoms with E-state index in [0.717, 1.165) is 17.2 Å². The van der Waals surface area contributed by atoms with Gasteiger partial charge in [-0.2, -0.15) is 0 Å². The topological polar surface area (TPSA) is 20.5 Å². The van der Waals surface area contributed by atoms with Gasteiger partial charge in [0.05, 0.1) is 11.4 Å². The van der Waals surface area contributed by atoms with Gasteiger partial charge in [-0.15, -0.1) is 11.3 Å². The van der Waals surface area contributed by atoms with Gasteiger partial charge in [0.1, 0.15) is 0 Å². The van der Waals surface area contributed by atoms with Crippen LogP contribution < -0.4 is 0 Å². The van der Waals surface area contributed by atoms with Crippen molar-refractivity contribution in [2.24, 2.45) is 0 Å². The summed E-state index contributed by atoms with van der Waals surface area (Å²) in [6.07, 6.45) is 6.18. The summed E-state index contributed by atoms with van der Waals surface area (Å²) in [4.78, 5) is 8.53. The highest BCUT2D eigenvalue weighted by atomic mass is 32.1. The molecule has 0 N–H and O–H groups in total. The molecule has 4 heteroatoms. The number of rotatable bonds is 3. The first kappa shape index (κ1) is 13.0. The summed E-state index contributed by atoms with van der Waals surface area (Å²) in [5, 5.41) is 2.12. The molecule has 3 aromatic rings. The summed E-state index contributed by atoms with van der Waals surface area (Å²) in [7, 11) is 0. The summed E-state index contributed by atoms with van der Waals surface area (Å²) in [6.45, 7) is 3.43. The number of benzene rings is 1. The number of fused-ring (bicyclic) bond motifs is 1. The first-order valence-electron chi connectivity index (χ1n) is 7.64. The fourth-order valence-corrected chi connectivity index (χ4v) is 3.87. The highest BCUT2D eigenvalue weighted by molar-refractivity contribution is 7.15. The first-order chi connectivity index (χ1) is 10.4. The molecule has 21 heavy (non-hydrogen) atoms. The van der Waals surface area contributed by atoms with E-state index in [-0.39, 0.29) is 0 Å². The van der Waals surface area contributed by atoms with Crippen LogP contribution in [0.2, 0.25) is 0 Å². The molecule has 3 heterocycles. The molecular weight excluding hydrogens is 278 g/mol. The molecule has 1 fully saturated rings. The average Bonchev–Trinajstić information content (AvgIpc) is 3.12. The van der Waals surface area contributed by atoms with Crippen molar-refractivity contribution in [3.05, 3.63) is 47.6 Å². The Morgan fingerprint density at radius 3 is 2.67 bits per heavy atom. The minimum Gasteiger partial charge on any atom is -0.297 e. The number of hydrogen-bond acceptors (Lipinski definition) is 3. The second kappa shape index (κ2) is 5.62. The molecule has 0 unspecified atom stereocenters. The van der Waals surface area contributed by atoms with E-state index in [0.29, 0.717) is 0 Å². The van der Waals surface area contributed by atoms with Crippen molar-refractivity contribution in [1.82, 2.24) is 14.3 Å². The van der Waals surface area contributed by atoms with E-state index in [9.17, 15) is 0 Å². The van der Waals surface area contributed by atoms with Crippen molar-refractivity contribution in [3.63, 3.8) is 0 Å². The van der Waals surface area contributed by atoms with E-state index in [1.54, 1.807) is 11.3 Å². The molecule has 1 aliphatic rings. The molecule has 3 nitrogen and oxygen atoms in total. The average molecular weight is 297 g/mol. The highest BCUT2D eigenvalue weighted by Crippen LogP contribution is 2.28. The molecule has 0 radical (unpaired) electrons. The summed E-state index contributed by atoms with van der Waals surface area (Å²) >= 11 is 1.71. The van der Waals surface area contributed by atoms with Crippen molar-refractivity contribution >= 4 is 16.3 Å². The van der Waals surface area contributed by atoms with Crippen LogP contribution in [0.25, 0.3) is 16.2 Å². The fourth-order valence-electron chi connectivity index (χ4n) is 3.14. The largest absolute Gasteiger partial charge is 0.297 e. The zero-order valence-corrected chi connectivity index (χ0v) is 12.9. The van der Waals surface area contributed by atoms with E-state index in [4.69, 9.17) is 4.98 Å². The van der Waals surface area contributed by atoms with Crippen molar-refractivity contribution in [2.75, 3.05) is 13.1 Å². The molecule has 0 spiro atoms. The number of nitrogens with zero attached hydrogens (tertiary/aromatic N) is 3. The molecule has 4 rings (SSSR count). The maximum Gasteiger partial charge on any atom is 0.194 e. The number of aromatic nitrogens is 2. The van der Waals surface area contributed by atoms with Gasteiger partial charge >= 0.3 is 0 Å². The lowest BCUT2D eigenvalue weighted by Gasteiger charge is -2.26. The smallest absolute Gasteiger partial charge is 0.194 e. The van der Waals surface area contributed by atoms with Gasteiger partial charge in [0.25, 0.3) is 0 Å². The van der Waals surface area contributed by atoms with E-state index < -0.39 is 0 Å². The lowest BCUT2D eigenvalue weighted by atomic mass is 10.1. The third kappa shape index (κ3) is 2.49. The molecule has 0 saturated carbocycles. The normalized spacial score (nSPS) is 16.6. The Morgan fingerprint density at radius 2 is 1.86 bits per heavy atom. The van der Waals surface area contributed by atoms with Gasteiger partial charge in [-0.25, -0.2) is 4.98 Å². The van der Waals surface area contributed by atoms with Crippen LogP contribution in [-0.2, 0) is 6.54 Å². The maximum atomic E-state index is 4.86. The molecule has 108 valence electrons. The van der Waals surface area contributed by atoms with Gasteiger partial charge in [-0.1, -0.05) is 36.8 Å². The van der Waals surface area contributed by atoms with Crippen LogP contribution in [0.15, 0.2) is 41.9 Å². The highest BCUT2D eigenvalue weighted by Gasteiger charge is 2.18. The van der Waals surface area contributed by atoms with Crippen molar-refractivity contribution in [3.8, 4) is 11.3 Å². The molecule has 0 amide bonds. The van der Waals surface area contributed by atoms with Crippen molar-refractivity contribution < 1.29 is 0 Å². The molecule has 1 saturated heterocycles. The number of piperidine rings is 1. The summed E-state index contributed by atoms with van der Waals surface area (Å²) < 4.78 is 2.27. The first-order valence-corrected chi connectivity index (χ1v) is 8.52. The number of imidazole rings is 1. The van der Waals surface area contributed by atoms with E-state index in [1.165, 1.54) is 43.6 Å². The molecule has 0 atom stereocenters. The number of thiazole rings is 1. The van der Waals surface area contributed by atoms with E-state index in [2.05, 4.69) is 51.2 Å². The number of hydrogen-bond donors (Lipinski definition) is 0. The number of likely N-dealkylation sites (tertiary alicyclic amines) is 1. The lowest BCUT2D eigenvalue weighted by molar-refractivity contribution is 0.218. The summed E-state index contributed by atoms with van der Waals surface area (Å²) in [6, 6.07) is 10.6. The molecule has 1 aromatic carbocycles. The predicted octanol–water partition coefficient (Wildman–Crippen LogP) is 4.05. The molecule has 0 bridgehead atoms. The minimum atomic E-state index is 1.00. The Labute approximate surface area is 128 Å². The second-order valence-corrected chi connectivity index (χ2v) is 6.54. The fraction of sp³-hybridized carbons (Fsp3) is 0.353. The summed E-state index contributed by atoms with van der Waals surface area (Å²) in [5.74, 6) is 0. The Balaban J connectivity index is 1.75. The van der Waals surface area contributed by atoms with Crippen LogP contribution in [0.1, 0.15) is 25.0 Å². The quantitative estimate of drug-likeness (QED) is 0.727. The Morgan fingerprint density at radius 1 is 1.05 bits per heavy atom. The SMILES string of the molecule is c1ccc(-c2nc3sccn3c2CN2CCCCC2)cc1. The van der Waals surface area contributed by atoms with E-state index >= 15 is 0 Å². The van der Waals surface area contributed by atoms with Crippen molar-refractivity contribution in [2.45, 2.75) is 25.8 Å². The third-order valence-corrected chi connectivity index (χ3v) is 4.99. The van der Waals surface area contributed by atoms with Gasteiger partial charge in [-0.3, -0.25) is 9.30 Å².